The molecule has 25 heavy (non-hydrogen) atoms. The molecule has 2 heterocycles. The molecule has 134 valence electrons. The van der Waals surface area contributed by atoms with Crippen LogP contribution in [0.4, 0.5) is 0 Å². The Kier molecular flexibility index (Phi) is 3.71. The van der Waals surface area contributed by atoms with E-state index in [1.807, 2.05) is 20.8 Å². The van der Waals surface area contributed by atoms with Gasteiger partial charge in [0.15, 0.2) is 5.79 Å². The average Bonchev–Trinajstić information content (AvgIpc) is 3.09. The van der Waals surface area contributed by atoms with Gasteiger partial charge < -0.3 is 19.9 Å². The number of aliphatic hydroxyl groups excluding tert-OH is 1. The zero-order chi connectivity index (χ0) is 17.8. The van der Waals surface area contributed by atoms with Gasteiger partial charge in [-0.3, -0.25) is 4.79 Å². The van der Waals surface area contributed by atoms with Crippen molar-refractivity contribution in [2.75, 3.05) is 13.2 Å². The van der Waals surface area contributed by atoms with Crippen molar-refractivity contribution >= 4 is 11.5 Å². The summed E-state index contributed by atoms with van der Waals surface area (Å²) >= 11 is 0. The highest BCUT2D eigenvalue weighted by Gasteiger charge is 2.53. The molecule has 1 aliphatic carbocycles. The van der Waals surface area contributed by atoms with Crippen LogP contribution in [0.2, 0.25) is 0 Å². The molecule has 0 aromatic heterocycles. The maximum absolute atomic E-state index is 12.8. The minimum atomic E-state index is -0.684. The summed E-state index contributed by atoms with van der Waals surface area (Å²) in [6.07, 6.45) is 2.60. The number of aliphatic hydroxyl groups is 1. The van der Waals surface area contributed by atoms with Gasteiger partial charge in [-0.05, 0) is 50.3 Å². The molecule has 0 bridgehead atoms. The fourth-order valence-electron chi connectivity index (χ4n) is 4.70. The van der Waals surface area contributed by atoms with Crippen LogP contribution in [-0.2, 0) is 14.3 Å². The molecule has 1 aromatic rings. The quantitative estimate of drug-likeness (QED) is 0.822. The van der Waals surface area contributed by atoms with Gasteiger partial charge in [-0.15, -0.1) is 0 Å². The van der Waals surface area contributed by atoms with Gasteiger partial charge in [0.05, 0.1) is 24.3 Å². The molecule has 2 spiro atoms. The number of hydrogen-bond acceptors (Lipinski definition) is 4. The number of amides is 1. The van der Waals surface area contributed by atoms with Crippen LogP contribution in [0, 0.1) is 20.8 Å². The van der Waals surface area contributed by atoms with Crippen molar-refractivity contribution in [3.05, 3.63) is 40.1 Å². The summed E-state index contributed by atoms with van der Waals surface area (Å²) in [7, 11) is 0. The number of rotatable bonds is 1. The van der Waals surface area contributed by atoms with E-state index in [4.69, 9.17) is 9.47 Å². The average molecular weight is 343 g/mol. The van der Waals surface area contributed by atoms with Crippen molar-refractivity contribution in [2.45, 2.75) is 57.8 Å². The summed E-state index contributed by atoms with van der Waals surface area (Å²) in [5.74, 6) is -0.522. The van der Waals surface area contributed by atoms with E-state index in [9.17, 15) is 9.90 Å². The molecule has 0 radical (unpaired) electrons. The molecule has 1 saturated carbocycles. The molecule has 1 aromatic carbocycles. The van der Waals surface area contributed by atoms with Gasteiger partial charge in [0.2, 0.25) is 0 Å². The van der Waals surface area contributed by atoms with E-state index < -0.39 is 11.3 Å². The maximum atomic E-state index is 12.8. The summed E-state index contributed by atoms with van der Waals surface area (Å²) < 4.78 is 11.6. The lowest BCUT2D eigenvalue weighted by Crippen LogP contribution is -2.51. The maximum Gasteiger partial charge on any atom is 0.256 e. The Morgan fingerprint density at radius 3 is 2.12 bits per heavy atom. The third kappa shape index (κ3) is 2.49. The van der Waals surface area contributed by atoms with Crippen LogP contribution >= 0.6 is 0 Å². The Hall–Kier alpha value is -1.85. The molecule has 0 atom stereocenters. The van der Waals surface area contributed by atoms with Crippen molar-refractivity contribution in [1.29, 1.82) is 0 Å². The van der Waals surface area contributed by atoms with Crippen LogP contribution < -0.4 is 5.32 Å². The second kappa shape index (κ2) is 5.58. The summed E-state index contributed by atoms with van der Waals surface area (Å²) in [4.78, 5) is 12.8. The fraction of sp³-hybridized carbons (Fsp3) is 0.550. The van der Waals surface area contributed by atoms with Crippen LogP contribution in [0.3, 0.4) is 0 Å². The molecule has 0 unspecified atom stereocenters. The lowest BCUT2D eigenvalue weighted by atomic mass is 9.77. The predicted molar refractivity (Wildman–Crippen MR) is 94.2 cm³/mol. The van der Waals surface area contributed by atoms with E-state index in [0.29, 0.717) is 44.5 Å². The summed E-state index contributed by atoms with van der Waals surface area (Å²) in [5.41, 5.74) is 3.78. The largest absolute Gasteiger partial charge is 0.509 e. The topological polar surface area (TPSA) is 67.8 Å². The minimum Gasteiger partial charge on any atom is -0.509 e. The number of ether oxygens (including phenoxy) is 2. The molecular formula is C20H25NO4. The summed E-state index contributed by atoms with van der Waals surface area (Å²) in [6, 6.07) is 4.11. The lowest BCUT2D eigenvalue weighted by Gasteiger charge is -2.41. The zero-order valence-electron chi connectivity index (χ0n) is 15.1. The van der Waals surface area contributed by atoms with E-state index in [0.717, 1.165) is 22.3 Å². The second-order valence-corrected chi connectivity index (χ2v) is 7.64. The Morgan fingerprint density at radius 1 is 1.00 bits per heavy atom. The molecule has 1 saturated heterocycles. The molecule has 2 aliphatic heterocycles. The van der Waals surface area contributed by atoms with Crippen molar-refractivity contribution in [3.63, 3.8) is 0 Å². The molecule has 5 heteroatoms. The van der Waals surface area contributed by atoms with Crippen LogP contribution in [0.1, 0.15) is 47.9 Å². The first-order valence-corrected chi connectivity index (χ1v) is 8.98. The van der Waals surface area contributed by atoms with Crippen molar-refractivity contribution in [2.24, 2.45) is 0 Å². The predicted octanol–water partition coefficient (Wildman–Crippen LogP) is 3.07. The first kappa shape index (κ1) is 16.6. The van der Waals surface area contributed by atoms with Crippen LogP contribution in [-0.4, -0.2) is 35.6 Å². The first-order chi connectivity index (χ1) is 11.9. The van der Waals surface area contributed by atoms with E-state index in [2.05, 4.69) is 17.4 Å². The van der Waals surface area contributed by atoms with E-state index in [1.165, 1.54) is 0 Å². The molecule has 4 rings (SSSR count). The number of aryl methyl sites for hydroxylation is 3. The Bertz CT molecular complexity index is 741. The van der Waals surface area contributed by atoms with Crippen LogP contribution in [0.25, 0.3) is 5.57 Å². The normalized spacial score (nSPS) is 24.4. The van der Waals surface area contributed by atoms with Gasteiger partial charge in [0.1, 0.15) is 5.76 Å². The third-order valence-corrected chi connectivity index (χ3v) is 5.88. The van der Waals surface area contributed by atoms with E-state index in [1.54, 1.807) is 0 Å². The summed E-state index contributed by atoms with van der Waals surface area (Å²) in [6.45, 7) is 7.26. The zero-order valence-corrected chi connectivity index (χ0v) is 15.1. The van der Waals surface area contributed by atoms with E-state index >= 15 is 0 Å². The van der Waals surface area contributed by atoms with Crippen molar-refractivity contribution < 1.29 is 19.4 Å². The number of benzene rings is 1. The van der Waals surface area contributed by atoms with Gasteiger partial charge in [0.25, 0.3) is 5.91 Å². The molecule has 1 amide bonds. The smallest absolute Gasteiger partial charge is 0.256 e. The second-order valence-electron chi connectivity index (χ2n) is 7.64. The standard InChI is InChI=1S/C20H25NO4/c1-12-10-13(2)15(14(3)11-12)16-17(22)19(21-18(16)23)4-6-20(7-5-19)24-8-9-25-20/h10-11,22H,4-9H2,1-3H3,(H,21,23). The van der Waals surface area contributed by atoms with Gasteiger partial charge in [0, 0.05) is 12.8 Å². The van der Waals surface area contributed by atoms with Crippen LogP contribution in [0.5, 0.6) is 0 Å². The molecular weight excluding hydrogens is 318 g/mol. The van der Waals surface area contributed by atoms with E-state index in [-0.39, 0.29) is 11.7 Å². The number of hydrogen-bond donors (Lipinski definition) is 2. The molecule has 5 nitrogen and oxygen atoms in total. The fourth-order valence-corrected chi connectivity index (χ4v) is 4.70. The monoisotopic (exact) mass is 343 g/mol. The highest BCUT2D eigenvalue weighted by atomic mass is 16.7. The highest BCUT2D eigenvalue weighted by Crippen LogP contribution is 2.47. The Morgan fingerprint density at radius 2 is 1.56 bits per heavy atom. The first-order valence-electron chi connectivity index (χ1n) is 8.98. The minimum absolute atomic E-state index is 0.181. The van der Waals surface area contributed by atoms with Gasteiger partial charge in [-0.2, -0.15) is 0 Å². The Balaban J connectivity index is 1.71. The number of carbonyl (C=O) groups is 1. The summed E-state index contributed by atoms with van der Waals surface area (Å²) in [5, 5.41) is 14.1. The number of nitrogens with one attached hydrogen (secondary N) is 1. The highest BCUT2D eigenvalue weighted by molar-refractivity contribution is 6.24. The molecule has 2 fully saturated rings. The SMILES string of the molecule is Cc1cc(C)c(C2=C(O)C3(CCC4(CC3)OCCO4)NC2=O)c(C)c1. The van der Waals surface area contributed by atoms with Gasteiger partial charge in [-0.25, -0.2) is 0 Å². The third-order valence-electron chi connectivity index (χ3n) is 5.88. The van der Waals surface area contributed by atoms with Crippen molar-refractivity contribution in [1.82, 2.24) is 5.32 Å². The molecule has 3 aliphatic rings. The van der Waals surface area contributed by atoms with Gasteiger partial charge in [-0.1, -0.05) is 17.7 Å². The Labute approximate surface area is 148 Å². The molecule has 2 N–H and O–H groups in total. The van der Waals surface area contributed by atoms with Crippen molar-refractivity contribution in [3.8, 4) is 0 Å². The lowest BCUT2D eigenvalue weighted by molar-refractivity contribution is -0.185. The van der Waals surface area contributed by atoms with Gasteiger partial charge >= 0.3 is 0 Å². The number of carbonyl (C=O) groups excluding carboxylic acids is 1. The van der Waals surface area contributed by atoms with Crippen LogP contribution in [0.15, 0.2) is 17.9 Å².